The Bertz CT molecular complexity index is 2970. The van der Waals surface area contributed by atoms with Crippen molar-refractivity contribution in [2.75, 3.05) is 0 Å². The van der Waals surface area contributed by atoms with E-state index in [1.807, 2.05) is 0 Å². The second-order valence-electron chi connectivity index (χ2n) is 15.0. The van der Waals surface area contributed by atoms with Gasteiger partial charge in [0.1, 0.15) is 0 Å². The first kappa shape index (κ1) is 30.4. The van der Waals surface area contributed by atoms with Gasteiger partial charge in [-0.25, -0.2) is 0 Å². The summed E-state index contributed by atoms with van der Waals surface area (Å²) < 4.78 is 4.82. The minimum Gasteiger partial charge on any atom is -0.309 e. The monoisotopic (exact) mass is 666 g/mol. The lowest BCUT2D eigenvalue weighted by Crippen LogP contribution is -2.11. The smallest absolute Gasteiger partial charge is 0.0541 e. The van der Waals surface area contributed by atoms with Crippen molar-refractivity contribution < 1.29 is 0 Å². The highest BCUT2D eigenvalue weighted by Crippen LogP contribution is 2.39. The van der Waals surface area contributed by atoms with Gasteiger partial charge < -0.3 is 9.13 Å². The number of rotatable bonds is 4. The van der Waals surface area contributed by atoms with Gasteiger partial charge >= 0.3 is 0 Å². The molecule has 8 aromatic carbocycles. The number of nitrogens with zero attached hydrogens (tertiary/aromatic N) is 2. The highest BCUT2D eigenvalue weighted by molar-refractivity contribution is 6.13. The fraction of sp³-hybridized carbons (Fsp3) is 0.0800. The van der Waals surface area contributed by atoms with Gasteiger partial charge in [0.05, 0.1) is 22.1 Å². The molecule has 0 saturated carbocycles. The van der Waals surface area contributed by atoms with E-state index in [2.05, 4.69) is 206 Å². The van der Waals surface area contributed by atoms with E-state index >= 15 is 0 Å². The largest absolute Gasteiger partial charge is 0.309 e. The number of hydrogen-bond donors (Lipinski definition) is 0. The van der Waals surface area contributed by atoms with Crippen LogP contribution in [0.4, 0.5) is 0 Å². The van der Waals surface area contributed by atoms with Crippen molar-refractivity contribution in [2.45, 2.75) is 26.2 Å². The molecular weight excluding hydrogens is 629 g/mol. The highest BCUT2D eigenvalue weighted by Gasteiger charge is 2.19. The minimum absolute atomic E-state index is 0.0797. The van der Waals surface area contributed by atoms with E-state index in [9.17, 15) is 0 Å². The number of fused-ring (bicyclic) bond motifs is 7. The van der Waals surface area contributed by atoms with Crippen LogP contribution >= 0.6 is 0 Å². The Labute approximate surface area is 303 Å². The van der Waals surface area contributed by atoms with Crippen molar-refractivity contribution in [3.05, 3.63) is 181 Å². The summed E-state index contributed by atoms with van der Waals surface area (Å²) in [6.45, 7) is 6.88. The standard InChI is InChI=1S/C50H38N2/c1-50(2,3)45-17-11-14-37-30-39(26-27-40(37)45)52-47-19-10-8-16-42(47)44-32-36(23-29-49(44)52)35-22-28-48-43(31-35)41-15-7-9-18-46(41)51(48)38-24-20-34(21-25-38)33-12-5-4-6-13-33/h4-32H,1-3H3. The Kier molecular flexibility index (Phi) is 6.78. The summed E-state index contributed by atoms with van der Waals surface area (Å²) in [5.41, 5.74) is 13.5. The van der Waals surface area contributed by atoms with Gasteiger partial charge in [-0.2, -0.15) is 0 Å². The maximum absolute atomic E-state index is 2.43. The quantitative estimate of drug-likeness (QED) is 0.177. The summed E-state index contributed by atoms with van der Waals surface area (Å²) >= 11 is 0. The Morgan fingerprint density at radius 3 is 1.44 bits per heavy atom. The van der Waals surface area contributed by atoms with Crippen LogP contribution < -0.4 is 0 Å². The van der Waals surface area contributed by atoms with Crippen LogP contribution in [0.1, 0.15) is 26.3 Å². The van der Waals surface area contributed by atoms with Crippen LogP contribution in [0.3, 0.4) is 0 Å². The van der Waals surface area contributed by atoms with E-state index in [1.165, 1.54) is 87.9 Å². The molecular formula is C50H38N2. The minimum atomic E-state index is 0.0797. The molecule has 2 heteroatoms. The maximum atomic E-state index is 2.43. The number of hydrogen-bond acceptors (Lipinski definition) is 0. The molecule has 0 aliphatic carbocycles. The van der Waals surface area contributed by atoms with E-state index in [1.54, 1.807) is 0 Å². The molecule has 0 saturated heterocycles. The van der Waals surface area contributed by atoms with E-state index in [4.69, 9.17) is 0 Å². The molecule has 2 nitrogen and oxygen atoms in total. The zero-order valence-electron chi connectivity index (χ0n) is 29.6. The predicted molar refractivity (Wildman–Crippen MR) is 222 cm³/mol. The Morgan fingerprint density at radius 2 is 0.827 bits per heavy atom. The first-order valence-electron chi connectivity index (χ1n) is 18.2. The molecule has 0 atom stereocenters. The topological polar surface area (TPSA) is 9.86 Å². The molecule has 10 aromatic rings. The average Bonchev–Trinajstić information content (AvgIpc) is 3.70. The van der Waals surface area contributed by atoms with Gasteiger partial charge in [0, 0.05) is 32.9 Å². The van der Waals surface area contributed by atoms with Gasteiger partial charge in [-0.05, 0) is 105 Å². The summed E-state index contributed by atoms with van der Waals surface area (Å²) in [6, 6.07) is 64.7. The molecule has 52 heavy (non-hydrogen) atoms. The van der Waals surface area contributed by atoms with Crippen LogP contribution in [0.5, 0.6) is 0 Å². The van der Waals surface area contributed by atoms with Crippen LogP contribution in [-0.2, 0) is 5.41 Å². The maximum Gasteiger partial charge on any atom is 0.0541 e. The van der Waals surface area contributed by atoms with Crippen molar-refractivity contribution in [1.82, 2.24) is 9.13 Å². The van der Waals surface area contributed by atoms with E-state index < -0.39 is 0 Å². The summed E-state index contributed by atoms with van der Waals surface area (Å²) in [4.78, 5) is 0. The highest BCUT2D eigenvalue weighted by atomic mass is 15.0. The molecule has 248 valence electrons. The van der Waals surface area contributed by atoms with Crippen molar-refractivity contribution in [3.8, 4) is 33.6 Å². The molecule has 0 unspecified atom stereocenters. The Balaban J connectivity index is 1.10. The van der Waals surface area contributed by atoms with Crippen LogP contribution in [0, 0.1) is 0 Å². The summed E-state index contributed by atoms with van der Waals surface area (Å²) in [6.07, 6.45) is 0. The van der Waals surface area contributed by atoms with Crippen LogP contribution in [0.15, 0.2) is 176 Å². The third-order valence-electron chi connectivity index (χ3n) is 10.8. The Morgan fingerprint density at radius 1 is 0.327 bits per heavy atom. The normalized spacial score (nSPS) is 12.1. The molecule has 0 N–H and O–H groups in total. The van der Waals surface area contributed by atoms with Crippen molar-refractivity contribution in [1.29, 1.82) is 0 Å². The lowest BCUT2D eigenvalue weighted by Gasteiger charge is -2.21. The molecule has 10 rings (SSSR count). The molecule has 0 radical (unpaired) electrons. The average molecular weight is 667 g/mol. The molecule has 0 bridgehead atoms. The zero-order chi connectivity index (χ0) is 35.0. The van der Waals surface area contributed by atoms with Gasteiger partial charge in [-0.3, -0.25) is 0 Å². The molecule has 0 spiro atoms. The molecule has 2 aromatic heterocycles. The fourth-order valence-electron chi connectivity index (χ4n) is 8.36. The lowest BCUT2D eigenvalue weighted by molar-refractivity contribution is 0.596. The van der Waals surface area contributed by atoms with Gasteiger partial charge in [0.15, 0.2) is 0 Å². The lowest BCUT2D eigenvalue weighted by atomic mass is 9.84. The first-order valence-corrected chi connectivity index (χ1v) is 18.2. The predicted octanol–water partition coefficient (Wildman–Crippen LogP) is 13.7. The summed E-state index contributed by atoms with van der Waals surface area (Å²) in [7, 11) is 0. The number of para-hydroxylation sites is 2. The molecule has 0 amide bonds. The SMILES string of the molecule is CC(C)(C)c1cccc2cc(-n3c4ccccc4c4cc(-c5ccc6c(c5)c5ccccc5n6-c5ccc(-c6ccccc6)cc5)ccc43)ccc12. The van der Waals surface area contributed by atoms with Crippen LogP contribution in [-0.4, -0.2) is 9.13 Å². The number of benzene rings is 8. The van der Waals surface area contributed by atoms with Crippen LogP contribution in [0.25, 0.3) is 88.0 Å². The first-order chi connectivity index (χ1) is 25.4. The van der Waals surface area contributed by atoms with Crippen molar-refractivity contribution in [2.24, 2.45) is 0 Å². The zero-order valence-corrected chi connectivity index (χ0v) is 29.6. The molecule has 0 aliphatic heterocycles. The molecule has 2 heterocycles. The van der Waals surface area contributed by atoms with Crippen molar-refractivity contribution >= 4 is 54.4 Å². The van der Waals surface area contributed by atoms with Gasteiger partial charge in [-0.15, -0.1) is 0 Å². The van der Waals surface area contributed by atoms with E-state index in [0.717, 1.165) is 5.69 Å². The van der Waals surface area contributed by atoms with E-state index in [0.29, 0.717) is 0 Å². The van der Waals surface area contributed by atoms with Gasteiger partial charge in [-0.1, -0.05) is 136 Å². The third-order valence-corrected chi connectivity index (χ3v) is 10.8. The van der Waals surface area contributed by atoms with Gasteiger partial charge in [0.25, 0.3) is 0 Å². The molecule has 0 fully saturated rings. The molecule has 0 aliphatic rings. The van der Waals surface area contributed by atoms with E-state index in [-0.39, 0.29) is 5.41 Å². The van der Waals surface area contributed by atoms with Crippen molar-refractivity contribution in [3.63, 3.8) is 0 Å². The third kappa shape index (κ3) is 4.79. The second kappa shape index (κ2) is 11.6. The summed E-state index contributed by atoms with van der Waals surface area (Å²) in [5, 5.41) is 7.63. The van der Waals surface area contributed by atoms with Crippen LogP contribution in [0.2, 0.25) is 0 Å². The number of aromatic nitrogens is 2. The second-order valence-corrected chi connectivity index (χ2v) is 15.0. The summed E-state index contributed by atoms with van der Waals surface area (Å²) in [5.74, 6) is 0. The fourth-order valence-corrected chi connectivity index (χ4v) is 8.36. The van der Waals surface area contributed by atoms with Gasteiger partial charge in [0.2, 0.25) is 0 Å². The Hall–Kier alpha value is -6.38.